The Morgan fingerprint density at radius 1 is 1.19 bits per heavy atom. The summed E-state index contributed by atoms with van der Waals surface area (Å²) in [6, 6.07) is 12.3. The molecule has 2 fully saturated rings. The Morgan fingerprint density at radius 2 is 1.95 bits per heavy atom. The maximum absolute atomic E-state index is 13.3. The van der Waals surface area contributed by atoms with Gasteiger partial charge in [-0.3, -0.25) is 14.6 Å². The Morgan fingerprint density at radius 3 is 2.67 bits per heavy atom. The number of carbonyl (C=O) groups excluding carboxylic acids is 1. The molecule has 1 aromatic heterocycles. The number of aromatic nitrogens is 2. The largest absolute Gasteiger partial charge is 0.491 e. The fraction of sp³-hybridized carbons (Fsp3) is 0.300. The van der Waals surface area contributed by atoms with Crippen LogP contribution in [0.1, 0.15) is 27.0 Å². The van der Waals surface area contributed by atoms with Gasteiger partial charge >= 0.3 is 5.97 Å². The van der Waals surface area contributed by atoms with E-state index in [1.165, 1.54) is 11.8 Å². The van der Waals surface area contributed by atoms with E-state index >= 15 is 0 Å². The second-order valence-corrected chi connectivity index (χ2v) is 11.6. The maximum atomic E-state index is 13.3. The van der Waals surface area contributed by atoms with Gasteiger partial charge in [0.2, 0.25) is 0 Å². The lowest BCUT2D eigenvalue weighted by atomic mass is 10.1. The third-order valence-electron chi connectivity index (χ3n) is 7.02. The standard InChI is InChI=1S/C30H31N5O5S2/c1-19-18-32-27(33-26(19)31)23-16-21(4-7-24(23)40-15-12-34-10-13-39-14-11-34)17-25-28(36)35(30(41)42-25)9-8-20-2-5-22(6-3-20)29(37)38/h2-7,16-18H,8-15H2,1H3,(H,37,38)(H2,31,32,33). The number of carbonyl (C=O) groups is 2. The van der Waals surface area contributed by atoms with Crippen molar-refractivity contribution in [3.63, 3.8) is 0 Å². The number of thioether (sulfide) groups is 1. The van der Waals surface area contributed by atoms with Crippen LogP contribution < -0.4 is 10.5 Å². The summed E-state index contributed by atoms with van der Waals surface area (Å²) in [7, 11) is 0. The van der Waals surface area contributed by atoms with E-state index in [1.54, 1.807) is 41.4 Å². The number of nitrogens with two attached hydrogens (primary N) is 1. The molecule has 3 heterocycles. The highest BCUT2D eigenvalue weighted by Crippen LogP contribution is 2.35. The molecule has 2 aromatic carbocycles. The number of benzene rings is 2. The number of hydrogen-bond donors (Lipinski definition) is 2. The number of carboxylic acids is 1. The highest BCUT2D eigenvalue weighted by Gasteiger charge is 2.31. The van der Waals surface area contributed by atoms with Crippen molar-refractivity contribution in [2.45, 2.75) is 13.3 Å². The van der Waals surface area contributed by atoms with Crippen LogP contribution in [-0.4, -0.2) is 87.1 Å². The zero-order valence-corrected chi connectivity index (χ0v) is 24.7. The molecule has 3 aromatic rings. The quantitative estimate of drug-likeness (QED) is 0.258. The molecule has 1 amide bonds. The molecule has 0 aliphatic carbocycles. The van der Waals surface area contributed by atoms with Crippen molar-refractivity contribution in [3.05, 3.63) is 75.8 Å². The van der Waals surface area contributed by atoms with Crippen molar-refractivity contribution in [1.82, 2.24) is 19.8 Å². The first kappa shape index (κ1) is 29.6. The van der Waals surface area contributed by atoms with Gasteiger partial charge in [0.05, 0.1) is 29.2 Å². The highest BCUT2D eigenvalue weighted by molar-refractivity contribution is 8.26. The molecule has 0 saturated carbocycles. The van der Waals surface area contributed by atoms with Crippen molar-refractivity contribution in [1.29, 1.82) is 0 Å². The predicted molar refractivity (Wildman–Crippen MR) is 166 cm³/mol. The van der Waals surface area contributed by atoms with Crippen LogP contribution in [0.5, 0.6) is 5.75 Å². The van der Waals surface area contributed by atoms with E-state index in [0.717, 1.165) is 49.5 Å². The smallest absolute Gasteiger partial charge is 0.335 e. The molecule has 5 rings (SSSR count). The summed E-state index contributed by atoms with van der Waals surface area (Å²) >= 11 is 6.77. The number of aryl methyl sites for hydroxylation is 1. The number of rotatable bonds is 10. The van der Waals surface area contributed by atoms with Crippen LogP contribution in [0.2, 0.25) is 0 Å². The van der Waals surface area contributed by atoms with Gasteiger partial charge in [-0.25, -0.2) is 14.8 Å². The molecule has 42 heavy (non-hydrogen) atoms. The third kappa shape index (κ3) is 7.13. The second kappa shape index (κ2) is 13.4. The van der Waals surface area contributed by atoms with Crippen LogP contribution in [0.4, 0.5) is 5.82 Å². The molecular weight excluding hydrogens is 574 g/mol. The molecule has 2 aliphatic heterocycles. The van der Waals surface area contributed by atoms with Crippen LogP contribution in [0.15, 0.2) is 53.6 Å². The second-order valence-electron chi connectivity index (χ2n) is 9.91. The number of thiocarbonyl (C=S) groups is 1. The molecule has 3 N–H and O–H groups in total. The zero-order valence-electron chi connectivity index (χ0n) is 23.1. The Kier molecular flexibility index (Phi) is 9.48. The Hall–Kier alpha value is -3.84. The molecule has 2 aliphatic rings. The van der Waals surface area contributed by atoms with E-state index in [9.17, 15) is 9.59 Å². The Labute approximate surface area is 253 Å². The molecule has 2 saturated heterocycles. The summed E-state index contributed by atoms with van der Waals surface area (Å²) in [6.45, 7) is 6.71. The molecule has 0 bridgehead atoms. The van der Waals surface area contributed by atoms with E-state index in [2.05, 4.69) is 14.9 Å². The number of nitrogens with zero attached hydrogens (tertiary/aromatic N) is 4. The van der Waals surface area contributed by atoms with Crippen molar-refractivity contribution in [3.8, 4) is 17.1 Å². The van der Waals surface area contributed by atoms with E-state index < -0.39 is 5.97 Å². The average Bonchev–Trinajstić information content (AvgIpc) is 3.26. The van der Waals surface area contributed by atoms with Gasteiger partial charge in [-0.2, -0.15) is 0 Å². The lowest BCUT2D eigenvalue weighted by Crippen LogP contribution is -2.38. The third-order valence-corrected chi connectivity index (χ3v) is 8.40. The van der Waals surface area contributed by atoms with Crippen molar-refractivity contribution in [2.24, 2.45) is 0 Å². The maximum Gasteiger partial charge on any atom is 0.335 e. The number of aromatic carboxylic acids is 1. The predicted octanol–water partition coefficient (Wildman–Crippen LogP) is 3.89. The van der Waals surface area contributed by atoms with Gasteiger partial charge in [-0.1, -0.05) is 42.2 Å². The SMILES string of the molecule is Cc1cnc(-c2cc(C=C3SC(=S)N(CCc4ccc(C(=O)O)cc4)C3=O)ccc2OCCN2CCOCC2)nc1N. The van der Waals surface area contributed by atoms with Gasteiger partial charge in [-0.05, 0) is 54.8 Å². The fourth-order valence-corrected chi connectivity index (χ4v) is 5.84. The van der Waals surface area contributed by atoms with E-state index in [0.29, 0.717) is 51.8 Å². The Bertz CT molecular complexity index is 1520. The Balaban J connectivity index is 1.32. The van der Waals surface area contributed by atoms with Gasteiger partial charge in [0.25, 0.3) is 5.91 Å². The summed E-state index contributed by atoms with van der Waals surface area (Å²) in [4.78, 5) is 37.7. The summed E-state index contributed by atoms with van der Waals surface area (Å²) in [5, 5.41) is 9.10. The van der Waals surface area contributed by atoms with E-state index in [4.69, 9.17) is 32.5 Å². The molecule has 0 spiro atoms. The van der Waals surface area contributed by atoms with Crippen LogP contribution in [0, 0.1) is 6.92 Å². The highest BCUT2D eigenvalue weighted by atomic mass is 32.2. The molecule has 12 heteroatoms. The van der Waals surface area contributed by atoms with Crippen LogP contribution in [-0.2, 0) is 16.0 Å². The molecule has 218 valence electrons. The van der Waals surface area contributed by atoms with Crippen LogP contribution in [0.25, 0.3) is 17.5 Å². The van der Waals surface area contributed by atoms with Crippen LogP contribution >= 0.6 is 24.0 Å². The number of amides is 1. The number of nitrogen functional groups attached to an aromatic ring is 1. The summed E-state index contributed by atoms with van der Waals surface area (Å²) < 4.78 is 12.1. The minimum atomic E-state index is -0.975. The van der Waals surface area contributed by atoms with Gasteiger partial charge in [0.15, 0.2) is 5.82 Å². The normalized spacial score (nSPS) is 16.8. The summed E-state index contributed by atoms with van der Waals surface area (Å²) in [5.74, 6) is 0.316. The average molecular weight is 606 g/mol. The number of anilines is 1. The minimum absolute atomic E-state index is 0.171. The lowest BCUT2D eigenvalue weighted by Gasteiger charge is -2.26. The van der Waals surface area contributed by atoms with Crippen LogP contribution in [0.3, 0.4) is 0 Å². The number of carboxylic acid groups (broad SMARTS) is 1. The number of ether oxygens (including phenoxy) is 2. The first-order chi connectivity index (χ1) is 20.3. The van der Waals surface area contributed by atoms with Crippen molar-refractivity contribution in [2.75, 3.05) is 51.7 Å². The van der Waals surface area contributed by atoms with E-state index in [1.807, 2.05) is 25.1 Å². The van der Waals surface area contributed by atoms with Crippen molar-refractivity contribution >= 4 is 52.1 Å². The monoisotopic (exact) mass is 605 g/mol. The van der Waals surface area contributed by atoms with Crippen molar-refractivity contribution < 1.29 is 24.2 Å². The van der Waals surface area contributed by atoms with Gasteiger partial charge in [-0.15, -0.1) is 0 Å². The lowest BCUT2D eigenvalue weighted by molar-refractivity contribution is -0.122. The minimum Gasteiger partial charge on any atom is -0.491 e. The summed E-state index contributed by atoms with van der Waals surface area (Å²) in [5.41, 5.74) is 9.48. The first-order valence-electron chi connectivity index (χ1n) is 13.5. The molecule has 0 unspecified atom stereocenters. The topological polar surface area (TPSA) is 131 Å². The fourth-order valence-electron chi connectivity index (χ4n) is 4.53. The summed E-state index contributed by atoms with van der Waals surface area (Å²) in [6.07, 6.45) is 4.04. The molecule has 0 radical (unpaired) electrons. The first-order valence-corrected chi connectivity index (χ1v) is 14.7. The van der Waals surface area contributed by atoms with Gasteiger partial charge < -0.3 is 20.3 Å². The zero-order chi connectivity index (χ0) is 29.6. The van der Waals surface area contributed by atoms with Gasteiger partial charge in [0, 0.05) is 37.9 Å². The number of hydrogen-bond acceptors (Lipinski definition) is 10. The van der Waals surface area contributed by atoms with Gasteiger partial charge in [0.1, 0.15) is 22.5 Å². The van der Waals surface area contributed by atoms with E-state index in [-0.39, 0.29) is 11.5 Å². The number of morpholine rings is 1. The molecule has 0 atom stereocenters. The molecule has 10 nitrogen and oxygen atoms in total. The molecular formula is C30H31N5O5S2.